The molecule has 2 aliphatic heterocycles. The predicted octanol–water partition coefficient (Wildman–Crippen LogP) is 0.878. The van der Waals surface area contributed by atoms with Gasteiger partial charge in [-0.1, -0.05) is 0 Å². The second kappa shape index (κ2) is 4.79. The van der Waals surface area contributed by atoms with Gasteiger partial charge in [0.1, 0.15) is 0 Å². The van der Waals surface area contributed by atoms with Crippen LogP contribution in [0.4, 0.5) is 0 Å². The molecule has 5 heteroatoms. The molecule has 0 aliphatic carbocycles. The molecular weight excluding hydrogens is 222 g/mol. The lowest BCUT2D eigenvalue weighted by molar-refractivity contribution is -0.0243. The Morgan fingerprint density at radius 1 is 1.56 bits per heavy atom. The van der Waals surface area contributed by atoms with Gasteiger partial charge in [0.05, 0.1) is 24.8 Å². The first-order valence-electron chi connectivity index (χ1n) is 5.88. The molecule has 16 heavy (non-hydrogen) atoms. The van der Waals surface area contributed by atoms with Crippen LogP contribution in [0.5, 0.6) is 0 Å². The molecule has 0 aromatic carbocycles. The predicted molar refractivity (Wildman–Crippen MR) is 63.7 cm³/mol. The largest absolute Gasteiger partial charge is 0.378 e. The molecule has 1 N–H and O–H groups in total. The van der Waals surface area contributed by atoms with Crippen molar-refractivity contribution in [3.8, 4) is 0 Å². The number of thiazole rings is 1. The van der Waals surface area contributed by atoms with Crippen molar-refractivity contribution < 1.29 is 4.74 Å². The van der Waals surface area contributed by atoms with Crippen molar-refractivity contribution >= 4 is 11.3 Å². The zero-order valence-electron chi connectivity index (χ0n) is 9.26. The Hall–Kier alpha value is -0.490. The van der Waals surface area contributed by atoms with E-state index < -0.39 is 0 Å². The smallest absolute Gasteiger partial charge is 0.0794 e. The highest BCUT2D eigenvalue weighted by molar-refractivity contribution is 7.09. The molecule has 2 saturated heterocycles. The lowest BCUT2D eigenvalue weighted by Gasteiger charge is -2.38. The molecular formula is C11H17N3OS. The van der Waals surface area contributed by atoms with Gasteiger partial charge in [-0.25, -0.2) is 0 Å². The van der Waals surface area contributed by atoms with Crippen molar-refractivity contribution in [2.24, 2.45) is 0 Å². The van der Waals surface area contributed by atoms with Gasteiger partial charge in [0.2, 0.25) is 0 Å². The molecule has 0 amide bonds. The molecule has 3 heterocycles. The molecule has 2 fully saturated rings. The first-order valence-corrected chi connectivity index (χ1v) is 6.76. The fraction of sp³-hybridized carbons (Fsp3) is 0.727. The first kappa shape index (κ1) is 10.7. The normalized spacial score (nSPS) is 32.0. The topological polar surface area (TPSA) is 37.4 Å². The molecule has 0 saturated carbocycles. The van der Waals surface area contributed by atoms with Crippen molar-refractivity contribution in [2.75, 3.05) is 32.8 Å². The van der Waals surface area contributed by atoms with E-state index in [0.29, 0.717) is 12.1 Å². The van der Waals surface area contributed by atoms with E-state index in [1.54, 1.807) is 11.3 Å². The van der Waals surface area contributed by atoms with E-state index in [2.05, 4.69) is 15.2 Å². The van der Waals surface area contributed by atoms with E-state index in [-0.39, 0.29) is 0 Å². The summed E-state index contributed by atoms with van der Waals surface area (Å²) in [6.07, 6.45) is 3.20. The van der Waals surface area contributed by atoms with Crippen molar-refractivity contribution in [2.45, 2.75) is 18.5 Å². The minimum atomic E-state index is 0.490. The van der Waals surface area contributed by atoms with Crippen LogP contribution in [0.3, 0.4) is 0 Å². The van der Waals surface area contributed by atoms with Gasteiger partial charge >= 0.3 is 0 Å². The molecule has 0 radical (unpaired) electrons. The van der Waals surface area contributed by atoms with Crippen molar-refractivity contribution in [1.82, 2.24) is 15.2 Å². The van der Waals surface area contributed by atoms with E-state index in [0.717, 1.165) is 32.8 Å². The van der Waals surface area contributed by atoms with E-state index in [4.69, 9.17) is 4.74 Å². The summed E-state index contributed by atoms with van der Waals surface area (Å²) in [5.74, 6) is 0. The highest BCUT2D eigenvalue weighted by Crippen LogP contribution is 2.29. The van der Waals surface area contributed by atoms with Crippen LogP contribution in [0, 0.1) is 0 Å². The number of nitrogens with one attached hydrogen (secondary N) is 1. The molecule has 3 rings (SSSR count). The summed E-state index contributed by atoms with van der Waals surface area (Å²) in [6.45, 7) is 4.94. The van der Waals surface area contributed by atoms with Crippen molar-refractivity contribution in [3.63, 3.8) is 0 Å². The Kier molecular flexibility index (Phi) is 3.19. The van der Waals surface area contributed by atoms with Gasteiger partial charge in [-0.3, -0.25) is 9.88 Å². The maximum absolute atomic E-state index is 5.58. The zero-order valence-corrected chi connectivity index (χ0v) is 10.1. The van der Waals surface area contributed by atoms with Crippen LogP contribution in [0.25, 0.3) is 0 Å². The lowest BCUT2D eigenvalue weighted by atomic mass is 10.1. The van der Waals surface area contributed by atoms with Crippen LogP contribution in [0.1, 0.15) is 17.3 Å². The highest BCUT2D eigenvalue weighted by Gasteiger charge is 2.32. The summed E-state index contributed by atoms with van der Waals surface area (Å²) >= 11 is 1.76. The van der Waals surface area contributed by atoms with Crippen molar-refractivity contribution in [3.05, 3.63) is 16.6 Å². The van der Waals surface area contributed by atoms with Crippen LogP contribution in [0.2, 0.25) is 0 Å². The molecule has 88 valence electrons. The fourth-order valence-electron chi connectivity index (χ4n) is 2.61. The summed E-state index contributed by atoms with van der Waals surface area (Å²) in [6, 6.07) is 1.07. The van der Waals surface area contributed by atoms with Crippen LogP contribution in [0.15, 0.2) is 11.7 Å². The standard InChI is InChI=1S/C11H17N3OS/c1-2-12-5-10(11-6-13-8-16-11)14-3-4-15-7-9(1)14/h6,8-10,12H,1-5,7H2. The number of aromatic nitrogens is 1. The van der Waals surface area contributed by atoms with Gasteiger partial charge in [0.25, 0.3) is 0 Å². The molecule has 2 atom stereocenters. The minimum Gasteiger partial charge on any atom is -0.378 e. The number of nitrogens with zero attached hydrogens (tertiary/aromatic N) is 2. The number of ether oxygens (including phenoxy) is 1. The van der Waals surface area contributed by atoms with Crippen LogP contribution in [-0.2, 0) is 4.74 Å². The monoisotopic (exact) mass is 239 g/mol. The van der Waals surface area contributed by atoms with Gasteiger partial charge in [-0.05, 0) is 13.0 Å². The second-order valence-electron chi connectivity index (χ2n) is 4.38. The summed E-state index contributed by atoms with van der Waals surface area (Å²) < 4.78 is 5.58. The third-order valence-electron chi connectivity index (χ3n) is 3.45. The molecule has 0 spiro atoms. The Morgan fingerprint density at radius 3 is 3.44 bits per heavy atom. The van der Waals surface area contributed by atoms with E-state index >= 15 is 0 Å². The Labute approximate surface area is 99.6 Å². The molecule has 1 aromatic rings. The second-order valence-corrected chi connectivity index (χ2v) is 5.30. The third kappa shape index (κ3) is 2.00. The van der Waals surface area contributed by atoms with E-state index in [1.165, 1.54) is 11.3 Å². The van der Waals surface area contributed by atoms with Gasteiger partial charge in [-0.2, -0.15) is 0 Å². The summed E-state index contributed by atoms with van der Waals surface area (Å²) in [4.78, 5) is 8.17. The SMILES string of the molecule is c1ncc(C2CNCCC3COCCN32)s1. The quantitative estimate of drug-likeness (QED) is 0.789. The van der Waals surface area contributed by atoms with Gasteiger partial charge in [0, 0.05) is 30.2 Å². The summed E-state index contributed by atoms with van der Waals surface area (Å²) in [5.41, 5.74) is 1.93. The minimum absolute atomic E-state index is 0.490. The average Bonchev–Trinajstić information content (AvgIpc) is 2.76. The number of hydrogen-bond donors (Lipinski definition) is 1. The molecule has 2 aliphatic rings. The molecule has 0 bridgehead atoms. The third-order valence-corrected chi connectivity index (χ3v) is 4.32. The molecule has 2 unspecified atom stereocenters. The number of hydrogen-bond acceptors (Lipinski definition) is 5. The number of fused-ring (bicyclic) bond motifs is 1. The van der Waals surface area contributed by atoms with E-state index in [1.807, 2.05) is 11.7 Å². The molecule has 4 nitrogen and oxygen atoms in total. The average molecular weight is 239 g/mol. The summed E-state index contributed by atoms with van der Waals surface area (Å²) in [5, 5.41) is 3.52. The van der Waals surface area contributed by atoms with Crippen molar-refractivity contribution in [1.29, 1.82) is 0 Å². The maximum Gasteiger partial charge on any atom is 0.0794 e. The maximum atomic E-state index is 5.58. The fourth-order valence-corrected chi connectivity index (χ4v) is 3.35. The van der Waals surface area contributed by atoms with Gasteiger partial charge in [-0.15, -0.1) is 11.3 Å². The highest BCUT2D eigenvalue weighted by atomic mass is 32.1. The van der Waals surface area contributed by atoms with Gasteiger partial charge in [0.15, 0.2) is 0 Å². The Bertz CT molecular complexity index is 330. The van der Waals surface area contributed by atoms with Crippen LogP contribution < -0.4 is 5.32 Å². The molecule has 1 aromatic heterocycles. The van der Waals surface area contributed by atoms with Gasteiger partial charge < -0.3 is 10.1 Å². The van der Waals surface area contributed by atoms with Crippen LogP contribution in [-0.4, -0.2) is 48.8 Å². The van der Waals surface area contributed by atoms with E-state index in [9.17, 15) is 0 Å². The number of morpholine rings is 1. The summed E-state index contributed by atoms with van der Waals surface area (Å²) in [7, 11) is 0. The Balaban J connectivity index is 1.84. The number of rotatable bonds is 1. The Morgan fingerprint density at radius 2 is 2.56 bits per heavy atom. The first-order chi connectivity index (χ1) is 7.95. The zero-order chi connectivity index (χ0) is 10.8. The van der Waals surface area contributed by atoms with Crippen LogP contribution >= 0.6 is 11.3 Å². The lowest BCUT2D eigenvalue weighted by Crippen LogP contribution is -2.47.